The van der Waals surface area contributed by atoms with Crippen molar-refractivity contribution in [2.75, 3.05) is 38.1 Å². The van der Waals surface area contributed by atoms with Crippen LogP contribution in [0.4, 0.5) is 10.9 Å². The Morgan fingerprint density at radius 3 is 3.03 bits per heavy atom. The highest BCUT2D eigenvalue weighted by atomic mass is 32.1. The smallest absolute Gasteiger partial charge is 0.270 e. The van der Waals surface area contributed by atoms with Crippen molar-refractivity contribution in [2.24, 2.45) is 0 Å². The predicted molar refractivity (Wildman–Crippen MR) is 120 cm³/mol. The molecule has 1 unspecified atom stereocenters. The predicted octanol–water partition coefficient (Wildman–Crippen LogP) is 2.84. The van der Waals surface area contributed by atoms with Crippen LogP contribution in [-0.4, -0.2) is 64.6 Å². The third-order valence-electron chi connectivity index (χ3n) is 4.85. The van der Waals surface area contributed by atoms with Gasteiger partial charge in [-0.15, -0.1) is 11.3 Å². The number of hydrogen-bond acceptors (Lipinski definition) is 9. The molecule has 9 nitrogen and oxygen atoms in total. The highest BCUT2D eigenvalue weighted by molar-refractivity contribution is 7.14. The monoisotopic (exact) mass is 443 g/mol. The maximum Gasteiger partial charge on any atom is 0.270 e. The van der Waals surface area contributed by atoms with Crippen molar-refractivity contribution in [1.29, 1.82) is 5.26 Å². The van der Waals surface area contributed by atoms with Gasteiger partial charge in [-0.1, -0.05) is 0 Å². The lowest BCUT2D eigenvalue weighted by Gasteiger charge is -2.30. The number of carbonyl (C=O) groups is 1. The Labute approximate surface area is 186 Å². The van der Waals surface area contributed by atoms with Gasteiger partial charge < -0.3 is 15.4 Å². The van der Waals surface area contributed by atoms with Crippen LogP contribution in [-0.2, 0) is 4.74 Å². The van der Waals surface area contributed by atoms with Crippen molar-refractivity contribution in [1.82, 2.24) is 25.2 Å². The van der Waals surface area contributed by atoms with Crippen molar-refractivity contribution in [2.45, 2.75) is 45.6 Å². The zero-order chi connectivity index (χ0) is 22.2. The molecular formula is C21H29N7O2S. The second kappa shape index (κ2) is 11.1. The molecule has 1 aliphatic rings. The van der Waals surface area contributed by atoms with E-state index in [1.54, 1.807) is 5.38 Å². The number of ether oxygens (including phenoxy) is 1. The Morgan fingerprint density at radius 2 is 2.26 bits per heavy atom. The van der Waals surface area contributed by atoms with Crippen LogP contribution < -0.4 is 10.6 Å². The number of amides is 1. The number of piperidine rings is 1. The highest BCUT2D eigenvalue weighted by Gasteiger charge is 2.24. The SMILES string of the molecule is Cc1cc(Nc2nc(C(=O)NCCOC(C)C)cs2)nc(C2CCCN(CC#N)C2)n1. The molecule has 1 amide bonds. The zero-order valence-corrected chi connectivity index (χ0v) is 19.0. The largest absolute Gasteiger partial charge is 0.377 e. The van der Waals surface area contributed by atoms with E-state index in [1.807, 2.05) is 26.8 Å². The molecule has 1 atom stereocenters. The fraction of sp³-hybridized carbons (Fsp3) is 0.571. The Kier molecular flexibility index (Phi) is 8.28. The van der Waals surface area contributed by atoms with Gasteiger partial charge in [0.2, 0.25) is 0 Å². The quantitative estimate of drug-likeness (QED) is 0.449. The lowest BCUT2D eigenvalue weighted by atomic mass is 9.97. The lowest BCUT2D eigenvalue weighted by molar-refractivity contribution is 0.0745. The number of carbonyl (C=O) groups excluding carboxylic acids is 1. The fourth-order valence-corrected chi connectivity index (χ4v) is 4.14. The molecule has 0 aromatic carbocycles. The first-order chi connectivity index (χ1) is 14.9. The molecule has 2 aromatic heterocycles. The summed E-state index contributed by atoms with van der Waals surface area (Å²) in [7, 11) is 0. The van der Waals surface area contributed by atoms with Crippen molar-refractivity contribution in [3.8, 4) is 6.07 Å². The van der Waals surface area contributed by atoms with E-state index in [1.165, 1.54) is 11.3 Å². The van der Waals surface area contributed by atoms with E-state index in [4.69, 9.17) is 15.0 Å². The average Bonchev–Trinajstić information content (AvgIpc) is 3.19. The van der Waals surface area contributed by atoms with Crippen molar-refractivity contribution >= 4 is 28.2 Å². The third kappa shape index (κ3) is 6.95. The maximum atomic E-state index is 12.3. The van der Waals surface area contributed by atoms with Crippen LogP contribution in [0.2, 0.25) is 0 Å². The summed E-state index contributed by atoms with van der Waals surface area (Å²) in [4.78, 5) is 28.1. The summed E-state index contributed by atoms with van der Waals surface area (Å²) in [5.41, 5.74) is 1.23. The number of aryl methyl sites for hydroxylation is 1. The van der Waals surface area contributed by atoms with Gasteiger partial charge in [-0.05, 0) is 40.2 Å². The molecular weight excluding hydrogens is 414 g/mol. The zero-order valence-electron chi connectivity index (χ0n) is 18.2. The maximum absolute atomic E-state index is 12.3. The van der Waals surface area contributed by atoms with Crippen molar-refractivity contribution < 1.29 is 9.53 Å². The van der Waals surface area contributed by atoms with E-state index in [-0.39, 0.29) is 17.9 Å². The minimum Gasteiger partial charge on any atom is -0.377 e. The molecule has 0 bridgehead atoms. The summed E-state index contributed by atoms with van der Waals surface area (Å²) < 4.78 is 5.43. The molecule has 1 saturated heterocycles. The molecule has 2 N–H and O–H groups in total. The van der Waals surface area contributed by atoms with E-state index in [0.717, 1.165) is 37.4 Å². The summed E-state index contributed by atoms with van der Waals surface area (Å²) in [6, 6.07) is 4.09. The second-order valence-corrected chi connectivity index (χ2v) is 8.68. The first-order valence-corrected chi connectivity index (χ1v) is 11.4. The summed E-state index contributed by atoms with van der Waals surface area (Å²) >= 11 is 1.35. The minimum atomic E-state index is -0.226. The van der Waals surface area contributed by atoms with Crippen LogP contribution in [0.15, 0.2) is 11.4 Å². The van der Waals surface area contributed by atoms with Crippen LogP contribution in [0, 0.1) is 18.3 Å². The molecule has 1 aliphatic heterocycles. The molecule has 0 aliphatic carbocycles. The molecule has 31 heavy (non-hydrogen) atoms. The summed E-state index contributed by atoms with van der Waals surface area (Å²) in [6.45, 7) is 8.92. The minimum absolute atomic E-state index is 0.135. The number of nitrogens with one attached hydrogen (secondary N) is 2. The molecule has 0 spiro atoms. The molecule has 3 rings (SSSR count). The van der Waals surface area contributed by atoms with Gasteiger partial charge >= 0.3 is 0 Å². The first kappa shape index (κ1) is 23.1. The fourth-order valence-electron chi connectivity index (χ4n) is 3.44. The summed E-state index contributed by atoms with van der Waals surface area (Å²) in [5, 5.41) is 17.3. The van der Waals surface area contributed by atoms with Crippen molar-refractivity contribution in [3.05, 3.63) is 28.7 Å². The number of nitriles is 1. The van der Waals surface area contributed by atoms with E-state index in [2.05, 4.69) is 31.6 Å². The van der Waals surface area contributed by atoms with E-state index in [9.17, 15) is 4.79 Å². The van der Waals surface area contributed by atoms with Crippen LogP contribution in [0.25, 0.3) is 0 Å². The molecule has 2 aromatic rings. The number of nitrogens with zero attached hydrogens (tertiary/aromatic N) is 5. The van der Waals surface area contributed by atoms with Gasteiger partial charge in [-0.25, -0.2) is 15.0 Å². The van der Waals surface area contributed by atoms with Gasteiger partial charge in [-0.3, -0.25) is 9.69 Å². The van der Waals surface area contributed by atoms with Crippen LogP contribution in [0.3, 0.4) is 0 Å². The number of anilines is 2. The number of hydrogen-bond donors (Lipinski definition) is 2. The molecule has 166 valence electrons. The summed E-state index contributed by atoms with van der Waals surface area (Å²) in [6.07, 6.45) is 2.17. The van der Waals surface area contributed by atoms with Gasteiger partial charge in [0.1, 0.15) is 17.3 Å². The van der Waals surface area contributed by atoms with Crippen LogP contribution >= 0.6 is 11.3 Å². The van der Waals surface area contributed by atoms with Gasteiger partial charge in [0.05, 0.1) is 25.3 Å². The van der Waals surface area contributed by atoms with Gasteiger partial charge in [0.15, 0.2) is 5.13 Å². The van der Waals surface area contributed by atoms with E-state index in [0.29, 0.717) is 36.3 Å². The molecule has 0 saturated carbocycles. The average molecular weight is 444 g/mol. The Balaban J connectivity index is 1.62. The normalized spacial score (nSPS) is 16.8. The lowest BCUT2D eigenvalue weighted by Crippen LogP contribution is -2.35. The van der Waals surface area contributed by atoms with Crippen LogP contribution in [0.1, 0.15) is 54.6 Å². The van der Waals surface area contributed by atoms with Crippen molar-refractivity contribution in [3.63, 3.8) is 0 Å². The first-order valence-electron chi connectivity index (χ1n) is 10.5. The Bertz CT molecular complexity index is 925. The Hall–Kier alpha value is -2.61. The number of aromatic nitrogens is 3. The number of likely N-dealkylation sites (tertiary alicyclic amines) is 1. The second-order valence-electron chi connectivity index (χ2n) is 7.82. The number of thiazole rings is 1. The van der Waals surface area contributed by atoms with Gasteiger partial charge in [0, 0.05) is 36.1 Å². The van der Waals surface area contributed by atoms with E-state index >= 15 is 0 Å². The topological polar surface area (TPSA) is 116 Å². The third-order valence-corrected chi connectivity index (χ3v) is 5.60. The Morgan fingerprint density at radius 1 is 1.42 bits per heavy atom. The number of rotatable bonds is 9. The van der Waals surface area contributed by atoms with E-state index < -0.39 is 0 Å². The molecule has 0 radical (unpaired) electrons. The summed E-state index contributed by atoms with van der Waals surface area (Å²) in [5.74, 6) is 1.42. The molecule has 10 heteroatoms. The highest BCUT2D eigenvalue weighted by Crippen LogP contribution is 2.27. The molecule has 3 heterocycles. The molecule has 1 fully saturated rings. The van der Waals surface area contributed by atoms with Gasteiger partial charge in [0.25, 0.3) is 5.91 Å². The standard InChI is InChI=1S/C21H29N7O2S/c1-14(2)30-10-7-23-20(29)17-13-31-21(25-17)27-18-11-15(3)24-19(26-18)16-5-4-8-28(12-16)9-6-22/h11,13-14,16H,4-5,7-10,12H2,1-3H3,(H,23,29)(H,24,25,26,27). The van der Waals surface area contributed by atoms with Crippen LogP contribution in [0.5, 0.6) is 0 Å². The van der Waals surface area contributed by atoms with Gasteiger partial charge in [-0.2, -0.15) is 5.26 Å².